The number of aromatic nitrogens is 2. The normalized spacial score (nSPS) is 15.7. The molecule has 2 heterocycles. The third-order valence-electron chi connectivity index (χ3n) is 4.23. The molecule has 0 aromatic carbocycles. The van der Waals surface area contributed by atoms with Crippen molar-refractivity contribution in [2.75, 3.05) is 33.7 Å². The third kappa shape index (κ3) is 5.55. The van der Waals surface area contributed by atoms with Crippen molar-refractivity contribution < 1.29 is 5.11 Å². The highest BCUT2D eigenvalue weighted by molar-refractivity contribution is 7.08. The number of likely N-dealkylation sites (N-methyl/N-ethyl adjacent to an activating group) is 1. The van der Waals surface area contributed by atoms with E-state index in [-0.39, 0.29) is 6.04 Å². The fraction of sp³-hybridized carbons (Fsp3) is 0.556. The van der Waals surface area contributed by atoms with Crippen LogP contribution in [0.1, 0.15) is 31.0 Å². The molecule has 2 atom stereocenters. The first kappa shape index (κ1) is 20.4. The predicted octanol–water partition coefficient (Wildman–Crippen LogP) is 1.55. The summed E-state index contributed by atoms with van der Waals surface area (Å²) in [6.45, 7) is 5.55. The van der Waals surface area contributed by atoms with Crippen LogP contribution in [-0.2, 0) is 12.6 Å². The van der Waals surface area contributed by atoms with E-state index in [2.05, 4.69) is 25.6 Å². The zero-order valence-corrected chi connectivity index (χ0v) is 17.0. The number of guanidine groups is 1. The van der Waals surface area contributed by atoms with E-state index in [4.69, 9.17) is 0 Å². The van der Waals surface area contributed by atoms with Crippen molar-refractivity contribution in [1.29, 1.82) is 0 Å². The molecular weight excluding hydrogens is 348 g/mol. The molecule has 2 aromatic rings. The molecule has 7 nitrogen and oxygen atoms in total. The molecule has 0 aliphatic carbocycles. The molecule has 26 heavy (non-hydrogen) atoms. The molecule has 0 aliphatic heterocycles. The second kappa shape index (κ2) is 9.16. The number of thiophene rings is 1. The average molecular weight is 379 g/mol. The predicted molar refractivity (Wildman–Crippen MR) is 108 cm³/mol. The molecule has 2 rings (SSSR count). The highest BCUT2D eigenvalue weighted by atomic mass is 32.1. The van der Waals surface area contributed by atoms with Crippen LogP contribution in [0.5, 0.6) is 0 Å². The summed E-state index contributed by atoms with van der Waals surface area (Å²) in [5, 5.41) is 25.5. The molecule has 0 bridgehead atoms. The van der Waals surface area contributed by atoms with Gasteiger partial charge in [0.05, 0.1) is 18.8 Å². The van der Waals surface area contributed by atoms with Crippen LogP contribution in [0.3, 0.4) is 0 Å². The van der Waals surface area contributed by atoms with Crippen molar-refractivity contribution in [1.82, 2.24) is 25.3 Å². The maximum absolute atomic E-state index is 10.7. The Morgan fingerprint density at radius 3 is 2.77 bits per heavy atom. The zero-order valence-electron chi connectivity index (χ0n) is 16.2. The lowest BCUT2D eigenvalue weighted by Gasteiger charge is -2.25. The van der Waals surface area contributed by atoms with Crippen molar-refractivity contribution in [2.45, 2.75) is 25.5 Å². The number of aryl methyl sites for hydroxylation is 1. The standard InChI is InChI=1S/C18H30N6OS/c1-6-19-17(21-13-18(2,25)15-7-8-26-12-15)20-10-16(23(3)4)14-9-22-24(5)11-14/h7-9,11-12,16,25H,6,10,13H2,1-5H3,(H2,19,20,21). The number of hydrogen-bond acceptors (Lipinski definition) is 5. The minimum absolute atomic E-state index is 0.171. The van der Waals surface area contributed by atoms with Gasteiger partial charge in [-0.3, -0.25) is 4.68 Å². The Bertz CT molecular complexity index is 692. The molecule has 8 heteroatoms. The first-order valence-corrected chi connectivity index (χ1v) is 9.70. The molecule has 2 aromatic heterocycles. The molecule has 144 valence electrons. The van der Waals surface area contributed by atoms with Crippen LogP contribution in [0.2, 0.25) is 0 Å². The van der Waals surface area contributed by atoms with Gasteiger partial charge in [0.2, 0.25) is 0 Å². The fourth-order valence-electron chi connectivity index (χ4n) is 2.64. The monoisotopic (exact) mass is 378 g/mol. The zero-order chi connectivity index (χ0) is 19.2. The lowest BCUT2D eigenvalue weighted by Crippen LogP contribution is -2.42. The third-order valence-corrected chi connectivity index (χ3v) is 4.91. The van der Waals surface area contributed by atoms with Gasteiger partial charge in [-0.1, -0.05) is 0 Å². The van der Waals surface area contributed by atoms with E-state index in [9.17, 15) is 5.11 Å². The number of rotatable bonds is 8. The molecule has 0 fully saturated rings. The highest BCUT2D eigenvalue weighted by Gasteiger charge is 2.23. The van der Waals surface area contributed by atoms with Crippen molar-refractivity contribution in [3.05, 3.63) is 40.3 Å². The molecule has 0 aliphatic rings. The Balaban J connectivity index is 2.04. The summed E-state index contributed by atoms with van der Waals surface area (Å²) in [4.78, 5) is 6.73. The van der Waals surface area contributed by atoms with E-state index >= 15 is 0 Å². The minimum atomic E-state index is -0.980. The summed E-state index contributed by atoms with van der Waals surface area (Å²) in [6, 6.07) is 2.11. The molecule has 0 spiro atoms. The van der Waals surface area contributed by atoms with Gasteiger partial charge in [0, 0.05) is 31.9 Å². The highest BCUT2D eigenvalue weighted by Crippen LogP contribution is 2.23. The number of hydrogen-bond donors (Lipinski definition) is 3. The van der Waals surface area contributed by atoms with E-state index in [1.807, 2.05) is 62.0 Å². The maximum Gasteiger partial charge on any atom is 0.191 e. The van der Waals surface area contributed by atoms with Crippen LogP contribution in [-0.4, -0.2) is 59.5 Å². The summed E-state index contributed by atoms with van der Waals surface area (Å²) in [5.41, 5.74) is 1.06. The topological polar surface area (TPSA) is 77.7 Å². The summed E-state index contributed by atoms with van der Waals surface area (Å²) in [7, 11) is 6.01. The lowest BCUT2D eigenvalue weighted by molar-refractivity contribution is 0.0677. The van der Waals surface area contributed by atoms with E-state index < -0.39 is 5.60 Å². The summed E-state index contributed by atoms with van der Waals surface area (Å²) >= 11 is 1.57. The number of nitrogens with zero attached hydrogens (tertiary/aromatic N) is 4. The Labute approximate surface area is 159 Å². The first-order valence-electron chi connectivity index (χ1n) is 8.75. The molecule has 0 saturated heterocycles. The quantitative estimate of drug-likeness (QED) is 0.480. The van der Waals surface area contributed by atoms with E-state index in [1.54, 1.807) is 18.3 Å². The Morgan fingerprint density at radius 2 is 2.23 bits per heavy atom. The second-order valence-electron chi connectivity index (χ2n) is 6.79. The van der Waals surface area contributed by atoms with Gasteiger partial charge < -0.3 is 20.6 Å². The van der Waals surface area contributed by atoms with Gasteiger partial charge >= 0.3 is 0 Å². The average Bonchev–Trinajstić information content (AvgIpc) is 3.24. The van der Waals surface area contributed by atoms with Crippen LogP contribution in [0, 0.1) is 0 Å². The van der Waals surface area contributed by atoms with E-state index in [0.29, 0.717) is 19.0 Å². The molecular formula is C18H30N6OS. The SMILES string of the molecule is CCNC(=NCC(C)(O)c1ccsc1)NCC(c1cnn(C)c1)N(C)C. The van der Waals surface area contributed by atoms with Crippen molar-refractivity contribution in [3.8, 4) is 0 Å². The van der Waals surface area contributed by atoms with Crippen molar-refractivity contribution in [3.63, 3.8) is 0 Å². The summed E-state index contributed by atoms with van der Waals surface area (Å²) < 4.78 is 1.81. The molecule has 0 saturated carbocycles. The molecule has 3 N–H and O–H groups in total. The molecule has 0 amide bonds. The first-order chi connectivity index (χ1) is 12.3. The number of nitrogens with one attached hydrogen (secondary N) is 2. The largest absolute Gasteiger partial charge is 0.383 e. The van der Waals surface area contributed by atoms with E-state index in [1.165, 1.54) is 0 Å². The van der Waals surface area contributed by atoms with Crippen LogP contribution in [0.4, 0.5) is 0 Å². The van der Waals surface area contributed by atoms with Crippen LogP contribution < -0.4 is 10.6 Å². The van der Waals surface area contributed by atoms with Gasteiger partial charge in [0.15, 0.2) is 5.96 Å². The number of aliphatic imine (C=N–C) groups is 1. The van der Waals surface area contributed by atoms with Crippen LogP contribution in [0.15, 0.2) is 34.2 Å². The van der Waals surface area contributed by atoms with Crippen molar-refractivity contribution >= 4 is 17.3 Å². The van der Waals surface area contributed by atoms with E-state index in [0.717, 1.165) is 17.7 Å². The van der Waals surface area contributed by atoms with Gasteiger partial charge in [0.1, 0.15) is 5.60 Å². The van der Waals surface area contributed by atoms with Crippen LogP contribution in [0.25, 0.3) is 0 Å². The Kier molecular flexibility index (Phi) is 7.19. The fourth-order valence-corrected chi connectivity index (χ4v) is 3.42. The second-order valence-corrected chi connectivity index (χ2v) is 7.57. The molecule has 0 radical (unpaired) electrons. The Morgan fingerprint density at radius 1 is 1.46 bits per heavy atom. The van der Waals surface area contributed by atoms with Gasteiger partial charge in [-0.2, -0.15) is 16.4 Å². The van der Waals surface area contributed by atoms with Crippen molar-refractivity contribution in [2.24, 2.45) is 12.0 Å². The maximum atomic E-state index is 10.7. The molecule has 2 unspecified atom stereocenters. The lowest BCUT2D eigenvalue weighted by atomic mass is 10.00. The van der Waals surface area contributed by atoms with Crippen LogP contribution >= 0.6 is 11.3 Å². The van der Waals surface area contributed by atoms with Gasteiger partial charge in [-0.05, 0) is 50.3 Å². The number of aliphatic hydroxyl groups is 1. The minimum Gasteiger partial charge on any atom is -0.383 e. The van der Waals surface area contributed by atoms with Gasteiger partial charge in [-0.25, -0.2) is 4.99 Å². The van der Waals surface area contributed by atoms with Gasteiger partial charge in [-0.15, -0.1) is 0 Å². The smallest absolute Gasteiger partial charge is 0.191 e. The summed E-state index contributed by atoms with van der Waals surface area (Å²) in [5.74, 6) is 0.693. The van der Waals surface area contributed by atoms with Gasteiger partial charge in [0.25, 0.3) is 0 Å². The Hall–Kier alpha value is -1.90. The summed E-state index contributed by atoms with van der Waals surface area (Å²) in [6.07, 6.45) is 3.91.